The van der Waals surface area contributed by atoms with Crippen molar-refractivity contribution in [2.45, 2.75) is 142 Å². The number of H-pyrrole nitrogens is 1. The van der Waals surface area contributed by atoms with Gasteiger partial charge in [0.25, 0.3) is 0 Å². The second-order valence-electron chi connectivity index (χ2n) is 9.56. The Bertz CT molecular complexity index is 604. The van der Waals surface area contributed by atoms with E-state index in [4.69, 9.17) is 4.74 Å². The van der Waals surface area contributed by atoms with Gasteiger partial charge in [-0.2, -0.15) is 0 Å². The van der Waals surface area contributed by atoms with E-state index in [1.54, 1.807) is 19.4 Å². The van der Waals surface area contributed by atoms with Crippen LogP contribution in [0.15, 0.2) is 12.5 Å². The molecule has 1 heterocycles. The Morgan fingerprint density at radius 1 is 0.824 bits per heavy atom. The first kappa shape index (κ1) is 30.2. The normalized spacial score (nSPS) is 11.9. The quantitative estimate of drug-likeness (QED) is 0.131. The van der Waals surface area contributed by atoms with E-state index in [1.165, 1.54) is 96.3 Å². The van der Waals surface area contributed by atoms with Crippen LogP contribution in [-0.4, -0.2) is 34.5 Å². The monoisotopic (exact) mass is 477 g/mol. The number of unbranched alkanes of at least 4 members (excludes halogenated alkanes) is 16. The number of nitrogens with zero attached hydrogens (tertiary/aromatic N) is 1. The molecule has 34 heavy (non-hydrogen) atoms. The minimum Gasteiger partial charge on any atom is -0.464 e. The fraction of sp³-hybridized carbons (Fsp3) is 0.821. The molecule has 0 fully saturated rings. The average Bonchev–Trinajstić information content (AvgIpc) is 3.34. The summed E-state index contributed by atoms with van der Waals surface area (Å²) in [5, 5.41) is 2.83. The maximum Gasteiger partial charge on any atom is 0.329 e. The highest BCUT2D eigenvalue weighted by atomic mass is 16.5. The van der Waals surface area contributed by atoms with Gasteiger partial charge in [-0.3, -0.25) is 4.79 Å². The van der Waals surface area contributed by atoms with Gasteiger partial charge >= 0.3 is 5.97 Å². The van der Waals surface area contributed by atoms with Crippen molar-refractivity contribution in [1.29, 1.82) is 0 Å². The number of nitrogens with one attached hydrogen (secondary N) is 2. The third-order valence-electron chi connectivity index (χ3n) is 6.39. The smallest absolute Gasteiger partial charge is 0.329 e. The van der Waals surface area contributed by atoms with Gasteiger partial charge in [0.15, 0.2) is 0 Å². The summed E-state index contributed by atoms with van der Waals surface area (Å²) in [6.45, 7) is 4.34. The van der Waals surface area contributed by atoms with Crippen molar-refractivity contribution in [2.24, 2.45) is 0 Å². The number of carbonyl (C=O) groups is 2. The van der Waals surface area contributed by atoms with Crippen molar-refractivity contribution in [3.05, 3.63) is 18.2 Å². The van der Waals surface area contributed by atoms with E-state index in [2.05, 4.69) is 22.2 Å². The van der Waals surface area contributed by atoms with Gasteiger partial charge in [0.2, 0.25) is 5.91 Å². The number of esters is 1. The van der Waals surface area contributed by atoms with E-state index in [0.717, 1.165) is 18.5 Å². The number of hydrogen-bond donors (Lipinski definition) is 2. The standard InChI is InChI=1S/C28H51N3O3/c1-3-5-6-7-8-9-10-11-12-13-14-15-16-17-18-19-20-21-27(32)31-26(28(33)34-4-2)22-25-23-29-24-30-25/h23-24,26H,3-22H2,1-2H3,(H,29,30)(H,31,32)/t26-/m0/s1. The molecule has 1 aromatic rings. The van der Waals surface area contributed by atoms with E-state index in [1.807, 2.05) is 0 Å². The first-order valence-corrected chi connectivity index (χ1v) is 14.1. The highest BCUT2D eigenvalue weighted by molar-refractivity contribution is 5.84. The second-order valence-corrected chi connectivity index (χ2v) is 9.56. The van der Waals surface area contributed by atoms with Gasteiger partial charge < -0.3 is 15.0 Å². The molecule has 1 atom stereocenters. The molecule has 0 saturated heterocycles. The molecule has 2 N–H and O–H groups in total. The Morgan fingerprint density at radius 3 is 1.76 bits per heavy atom. The number of ether oxygens (including phenoxy) is 1. The molecule has 0 saturated carbocycles. The number of amides is 1. The number of aromatic amines is 1. The highest BCUT2D eigenvalue weighted by Crippen LogP contribution is 2.14. The molecule has 6 nitrogen and oxygen atoms in total. The maximum atomic E-state index is 12.3. The second kappa shape index (κ2) is 21.7. The van der Waals surface area contributed by atoms with Crippen molar-refractivity contribution in [2.75, 3.05) is 6.61 Å². The van der Waals surface area contributed by atoms with Crippen LogP contribution >= 0.6 is 0 Å². The number of rotatable bonds is 23. The van der Waals surface area contributed by atoms with Crippen molar-refractivity contribution in [3.8, 4) is 0 Å². The van der Waals surface area contributed by atoms with Crippen LogP contribution < -0.4 is 5.32 Å². The maximum absolute atomic E-state index is 12.3. The lowest BCUT2D eigenvalue weighted by molar-refractivity contribution is -0.147. The Hall–Kier alpha value is -1.85. The first-order chi connectivity index (χ1) is 16.7. The summed E-state index contributed by atoms with van der Waals surface area (Å²) in [5.41, 5.74) is 0.802. The molecule has 0 bridgehead atoms. The Morgan fingerprint density at radius 2 is 1.32 bits per heavy atom. The number of aromatic nitrogens is 2. The van der Waals surface area contributed by atoms with E-state index < -0.39 is 12.0 Å². The van der Waals surface area contributed by atoms with Crippen LogP contribution in [0.3, 0.4) is 0 Å². The molecule has 0 spiro atoms. The van der Waals surface area contributed by atoms with Crippen LogP contribution in [0.5, 0.6) is 0 Å². The van der Waals surface area contributed by atoms with Gasteiger partial charge in [-0.1, -0.05) is 110 Å². The van der Waals surface area contributed by atoms with Gasteiger partial charge in [0.05, 0.1) is 12.9 Å². The SMILES string of the molecule is CCCCCCCCCCCCCCCCCCCC(=O)N[C@@H](Cc1cnc[nH]1)C(=O)OCC. The van der Waals surface area contributed by atoms with Crippen molar-refractivity contribution in [1.82, 2.24) is 15.3 Å². The molecule has 1 aromatic heterocycles. The predicted molar refractivity (Wildman–Crippen MR) is 140 cm³/mol. The Kier molecular flexibility index (Phi) is 19.2. The molecule has 0 unspecified atom stereocenters. The number of carbonyl (C=O) groups excluding carboxylic acids is 2. The van der Waals surface area contributed by atoms with Crippen molar-refractivity contribution >= 4 is 11.9 Å². The lowest BCUT2D eigenvalue weighted by atomic mass is 10.0. The topological polar surface area (TPSA) is 84.1 Å². The predicted octanol–water partition coefficient (Wildman–Crippen LogP) is 7.04. The molecule has 0 radical (unpaired) electrons. The van der Waals surface area contributed by atoms with Crippen LogP contribution in [0.25, 0.3) is 0 Å². The van der Waals surface area contributed by atoms with Crippen LogP contribution in [-0.2, 0) is 20.7 Å². The molecular weight excluding hydrogens is 426 g/mol. The van der Waals surface area contributed by atoms with Gasteiger partial charge in [0.1, 0.15) is 6.04 Å². The fourth-order valence-electron chi connectivity index (χ4n) is 4.33. The first-order valence-electron chi connectivity index (χ1n) is 14.1. The van der Waals surface area contributed by atoms with Crippen molar-refractivity contribution in [3.63, 3.8) is 0 Å². The van der Waals surface area contributed by atoms with E-state index in [-0.39, 0.29) is 5.91 Å². The van der Waals surface area contributed by atoms with Crippen LogP contribution in [0, 0.1) is 0 Å². The molecule has 0 aliphatic heterocycles. The van der Waals surface area contributed by atoms with Crippen LogP contribution in [0.4, 0.5) is 0 Å². The van der Waals surface area contributed by atoms with Gasteiger partial charge in [-0.25, -0.2) is 9.78 Å². The third-order valence-corrected chi connectivity index (χ3v) is 6.39. The van der Waals surface area contributed by atoms with Crippen LogP contribution in [0.2, 0.25) is 0 Å². The lowest BCUT2D eigenvalue weighted by Gasteiger charge is -2.16. The lowest BCUT2D eigenvalue weighted by Crippen LogP contribution is -2.43. The summed E-state index contributed by atoms with van der Waals surface area (Å²) in [6, 6.07) is -0.668. The number of hydrogen-bond acceptors (Lipinski definition) is 4. The molecule has 1 rings (SSSR count). The molecule has 0 aliphatic rings. The summed E-state index contributed by atoms with van der Waals surface area (Å²) in [6.07, 6.45) is 26.5. The minimum absolute atomic E-state index is 0.0847. The number of imidazole rings is 1. The largest absolute Gasteiger partial charge is 0.464 e. The molecule has 196 valence electrons. The summed E-state index contributed by atoms with van der Waals surface area (Å²) in [5.74, 6) is -0.480. The third kappa shape index (κ3) is 16.7. The van der Waals surface area contributed by atoms with Gasteiger partial charge in [0, 0.05) is 24.7 Å². The molecule has 0 aromatic carbocycles. The van der Waals surface area contributed by atoms with Gasteiger partial charge in [-0.05, 0) is 13.3 Å². The summed E-state index contributed by atoms with van der Waals surface area (Å²) in [4.78, 5) is 31.4. The van der Waals surface area contributed by atoms with Gasteiger partial charge in [-0.15, -0.1) is 0 Å². The Balaban J connectivity index is 1.95. The van der Waals surface area contributed by atoms with Crippen molar-refractivity contribution < 1.29 is 14.3 Å². The zero-order chi connectivity index (χ0) is 24.7. The van der Waals surface area contributed by atoms with E-state index >= 15 is 0 Å². The van der Waals surface area contributed by atoms with E-state index in [0.29, 0.717) is 19.4 Å². The summed E-state index contributed by atoms with van der Waals surface area (Å²) in [7, 11) is 0. The fourth-order valence-corrected chi connectivity index (χ4v) is 4.33. The molecule has 0 aliphatic carbocycles. The minimum atomic E-state index is -0.668. The molecule has 6 heteroatoms. The zero-order valence-corrected chi connectivity index (χ0v) is 22.0. The summed E-state index contributed by atoms with van der Waals surface area (Å²) < 4.78 is 5.10. The Labute approximate surface area is 208 Å². The summed E-state index contributed by atoms with van der Waals surface area (Å²) >= 11 is 0. The highest BCUT2D eigenvalue weighted by Gasteiger charge is 2.22. The average molecular weight is 478 g/mol. The zero-order valence-electron chi connectivity index (χ0n) is 22.0. The van der Waals surface area contributed by atoms with Crippen LogP contribution in [0.1, 0.15) is 135 Å². The molecular formula is C28H51N3O3. The molecule has 1 amide bonds. The van der Waals surface area contributed by atoms with E-state index in [9.17, 15) is 9.59 Å².